The fraction of sp³-hybridized carbons (Fsp3) is 0.241. The van der Waals surface area contributed by atoms with Crippen LogP contribution in [0.5, 0.6) is 5.75 Å². The zero-order valence-corrected chi connectivity index (χ0v) is 20.6. The van der Waals surface area contributed by atoms with Gasteiger partial charge >= 0.3 is 5.97 Å². The average Bonchev–Trinajstić information content (AvgIpc) is 3.37. The molecule has 1 aromatic heterocycles. The average molecular weight is 474 g/mol. The van der Waals surface area contributed by atoms with Crippen LogP contribution < -0.4 is 10.5 Å². The molecule has 0 amide bonds. The van der Waals surface area contributed by atoms with E-state index in [0.29, 0.717) is 23.4 Å². The minimum absolute atomic E-state index is 0.0187. The summed E-state index contributed by atoms with van der Waals surface area (Å²) in [6.07, 6.45) is 1.69. The molecule has 0 saturated carbocycles. The second kappa shape index (κ2) is 12.0. The molecule has 0 aliphatic heterocycles. The maximum Gasteiger partial charge on any atom is 0.310 e. The number of hydrogen-bond acceptors (Lipinski definition) is 6. The molecule has 0 fully saturated rings. The molecule has 2 N–H and O–H groups in total. The van der Waals surface area contributed by atoms with Gasteiger partial charge in [0.05, 0.1) is 19.8 Å². The van der Waals surface area contributed by atoms with Crippen LogP contribution in [-0.2, 0) is 29.1 Å². The van der Waals surface area contributed by atoms with Crippen molar-refractivity contribution in [1.29, 1.82) is 0 Å². The van der Waals surface area contributed by atoms with E-state index in [0.717, 1.165) is 33.2 Å². The number of ketones is 1. The zero-order valence-electron chi connectivity index (χ0n) is 20.6. The second-order valence-electron chi connectivity index (χ2n) is 7.81. The van der Waals surface area contributed by atoms with E-state index in [9.17, 15) is 9.59 Å². The van der Waals surface area contributed by atoms with E-state index in [-0.39, 0.29) is 18.8 Å². The Labute approximate surface area is 205 Å². The van der Waals surface area contributed by atoms with Crippen LogP contribution in [0.3, 0.4) is 0 Å². The molecule has 4 aromatic rings. The monoisotopic (exact) mass is 473 g/mol. The van der Waals surface area contributed by atoms with Crippen molar-refractivity contribution < 1.29 is 23.5 Å². The number of carbonyl (C=O) groups excluding carboxylic acids is 2. The molecule has 0 bridgehead atoms. The second-order valence-corrected chi connectivity index (χ2v) is 7.81. The van der Waals surface area contributed by atoms with Crippen LogP contribution in [-0.4, -0.2) is 18.9 Å². The number of methoxy groups -OCH3 is 1. The van der Waals surface area contributed by atoms with Gasteiger partial charge in [-0.25, -0.2) is 0 Å². The lowest BCUT2D eigenvalue weighted by molar-refractivity contribution is -0.139. The highest BCUT2D eigenvalue weighted by Crippen LogP contribution is 2.32. The highest BCUT2D eigenvalue weighted by Gasteiger charge is 2.14. The quantitative estimate of drug-likeness (QED) is 0.246. The van der Waals surface area contributed by atoms with Crippen molar-refractivity contribution in [3.63, 3.8) is 0 Å². The first kappa shape index (κ1) is 25.7. The number of hydrogen-bond donors (Lipinski definition) is 1. The number of esters is 1. The lowest BCUT2D eigenvalue weighted by atomic mass is 9.99. The summed E-state index contributed by atoms with van der Waals surface area (Å²) in [7, 11) is 1.33. The van der Waals surface area contributed by atoms with Crippen molar-refractivity contribution in [1.82, 2.24) is 0 Å². The van der Waals surface area contributed by atoms with Crippen LogP contribution in [0, 0.1) is 0 Å². The SMILES string of the molecule is CC.COC(=O)Cc1cc(C(C)=O)ccc1OCc1cc(-c2cccc(CN)c2)c2occc2c1. The smallest absolute Gasteiger partial charge is 0.310 e. The van der Waals surface area contributed by atoms with Gasteiger partial charge in [0.15, 0.2) is 5.78 Å². The number of rotatable bonds is 8. The van der Waals surface area contributed by atoms with Gasteiger partial charge in [0, 0.05) is 28.6 Å². The molecular formula is C29H31NO5. The van der Waals surface area contributed by atoms with Crippen molar-refractivity contribution >= 4 is 22.7 Å². The van der Waals surface area contributed by atoms with E-state index >= 15 is 0 Å². The van der Waals surface area contributed by atoms with E-state index in [1.54, 1.807) is 24.5 Å². The van der Waals surface area contributed by atoms with Crippen LogP contribution in [0.25, 0.3) is 22.1 Å². The fourth-order valence-electron chi connectivity index (χ4n) is 3.77. The summed E-state index contributed by atoms with van der Waals surface area (Å²) in [6, 6.07) is 19.1. The maximum absolute atomic E-state index is 11.9. The third-order valence-corrected chi connectivity index (χ3v) is 5.51. The molecule has 182 valence electrons. The molecule has 0 spiro atoms. The normalized spacial score (nSPS) is 10.4. The number of benzene rings is 3. The van der Waals surface area contributed by atoms with Crippen molar-refractivity contribution in [2.24, 2.45) is 5.73 Å². The summed E-state index contributed by atoms with van der Waals surface area (Å²) in [4.78, 5) is 23.7. The first-order chi connectivity index (χ1) is 17.0. The Morgan fingerprint density at radius 3 is 2.49 bits per heavy atom. The third-order valence-electron chi connectivity index (χ3n) is 5.51. The van der Waals surface area contributed by atoms with Crippen LogP contribution in [0.1, 0.15) is 47.8 Å². The van der Waals surface area contributed by atoms with Crippen LogP contribution in [0.4, 0.5) is 0 Å². The summed E-state index contributed by atoms with van der Waals surface area (Å²) >= 11 is 0. The molecule has 6 heteroatoms. The van der Waals surface area contributed by atoms with Crippen molar-refractivity contribution in [2.45, 2.75) is 40.3 Å². The van der Waals surface area contributed by atoms with Gasteiger partial charge in [0.2, 0.25) is 0 Å². The molecule has 35 heavy (non-hydrogen) atoms. The van der Waals surface area contributed by atoms with Gasteiger partial charge in [0.1, 0.15) is 17.9 Å². The number of furan rings is 1. The first-order valence-electron chi connectivity index (χ1n) is 11.6. The van der Waals surface area contributed by atoms with E-state index < -0.39 is 5.97 Å². The molecule has 3 aromatic carbocycles. The lowest BCUT2D eigenvalue weighted by Gasteiger charge is -2.13. The van der Waals surface area contributed by atoms with Crippen LogP contribution >= 0.6 is 0 Å². The Morgan fingerprint density at radius 2 is 1.77 bits per heavy atom. The molecule has 0 unspecified atom stereocenters. The van der Waals surface area contributed by atoms with Crippen LogP contribution in [0.15, 0.2) is 71.3 Å². The summed E-state index contributed by atoms with van der Waals surface area (Å²) in [5, 5.41) is 0.964. The van der Waals surface area contributed by atoms with Crippen molar-refractivity contribution in [3.05, 3.63) is 89.2 Å². The Morgan fingerprint density at radius 1 is 0.971 bits per heavy atom. The third kappa shape index (κ3) is 6.16. The van der Waals surface area contributed by atoms with E-state index in [1.807, 2.05) is 50.2 Å². The van der Waals surface area contributed by atoms with Gasteiger partial charge in [0.25, 0.3) is 0 Å². The number of ether oxygens (including phenoxy) is 2. The zero-order chi connectivity index (χ0) is 25.4. The topological polar surface area (TPSA) is 91.8 Å². The minimum atomic E-state index is -0.401. The molecule has 0 atom stereocenters. The first-order valence-corrected chi connectivity index (χ1v) is 11.6. The molecule has 0 radical (unpaired) electrons. The van der Waals surface area contributed by atoms with Gasteiger partial charge in [-0.3, -0.25) is 9.59 Å². The fourth-order valence-corrected chi connectivity index (χ4v) is 3.77. The number of fused-ring (bicyclic) bond motifs is 1. The van der Waals surface area contributed by atoms with Crippen molar-refractivity contribution in [2.75, 3.05) is 7.11 Å². The largest absolute Gasteiger partial charge is 0.489 e. The molecule has 0 saturated heterocycles. The summed E-state index contributed by atoms with van der Waals surface area (Å²) in [5.41, 5.74) is 11.7. The lowest BCUT2D eigenvalue weighted by Crippen LogP contribution is -2.08. The van der Waals surface area contributed by atoms with Gasteiger partial charge in [-0.15, -0.1) is 0 Å². The molecule has 6 nitrogen and oxygen atoms in total. The predicted molar refractivity (Wildman–Crippen MR) is 137 cm³/mol. The van der Waals surface area contributed by atoms with E-state index in [1.165, 1.54) is 14.0 Å². The maximum atomic E-state index is 11.9. The molecule has 4 rings (SSSR count). The summed E-state index contributed by atoms with van der Waals surface area (Å²) in [5.74, 6) is 0.0502. The predicted octanol–water partition coefficient (Wildman–Crippen LogP) is 6.08. The summed E-state index contributed by atoms with van der Waals surface area (Å²) < 4.78 is 16.6. The highest BCUT2D eigenvalue weighted by molar-refractivity contribution is 5.95. The number of Topliss-reactive ketones (excluding diaryl/α,β-unsaturated/α-hetero) is 1. The molecule has 0 aliphatic rings. The number of nitrogens with two attached hydrogens (primary N) is 1. The van der Waals surface area contributed by atoms with E-state index in [4.69, 9.17) is 19.6 Å². The number of carbonyl (C=O) groups is 2. The summed E-state index contributed by atoms with van der Waals surface area (Å²) in [6.45, 7) is 6.22. The molecule has 1 heterocycles. The molecular weight excluding hydrogens is 442 g/mol. The van der Waals surface area contributed by atoms with Gasteiger partial charge in [-0.05, 0) is 66.1 Å². The van der Waals surface area contributed by atoms with E-state index in [2.05, 4.69) is 6.07 Å². The molecule has 0 aliphatic carbocycles. The Bertz CT molecular complexity index is 1320. The Kier molecular flexibility index (Phi) is 8.81. The van der Waals surface area contributed by atoms with Gasteiger partial charge in [-0.1, -0.05) is 32.0 Å². The standard InChI is InChI=1S/C27H25NO5.C2H6/c1-17(29)20-6-7-25(23(13-20)14-26(30)31-2)33-16-19-11-22-8-9-32-27(22)24(12-19)21-5-3-4-18(10-21)15-28;1-2/h3-13H,14-16,28H2,1-2H3;1-2H3. The van der Waals surface area contributed by atoms with Gasteiger partial charge < -0.3 is 19.6 Å². The Hall–Kier alpha value is -3.90. The highest BCUT2D eigenvalue weighted by atomic mass is 16.5. The van der Waals surface area contributed by atoms with Gasteiger partial charge in [-0.2, -0.15) is 0 Å². The van der Waals surface area contributed by atoms with Crippen LogP contribution in [0.2, 0.25) is 0 Å². The van der Waals surface area contributed by atoms with Crippen molar-refractivity contribution in [3.8, 4) is 16.9 Å². The Balaban J connectivity index is 0.00000167. The minimum Gasteiger partial charge on any atom is -0.489 e.